The number of rotatable bonds is 6. The normalized spacial score (nSPS) is 10.2. The largest absolute Gasteiger partial charge is 0.478 e. The standard InChI is InChI=1S/C14H20N2O4/c1-4-16(7-8-20-3)14(19)15-12-6-5-10(2)9-11(12)13(17)18/h5-6,9H,4,7-8H2,1-3H3,(H,15,19)(H,17,18). The van der Waals surface area contributed by atoms with Gasteiger partial charge in [0.1, 0.15) is 0 Å². The van der Waals surface area contributed by atoms with Crippen molar-refractivity contribution in [3.63, 3.8) is 0 Å². The van der Waals surface area contributed by atoms with E-state index in [0.717, 1.165) is 5.56 Å². The summed E-state index contributed by atoms with van der Waals surface area (Å²) in [5.41, 5.74) is 1.21. The Morgan fingerprint density at radius 1 is 1.40 bits per heavy atom. The second kappa shape index (κ2) is 7.49. The summed E-state index contributed by atoms with van der Waals surface area (Å²) in [6.45, 7) is 5.05. The SMILES string of the molecule is CCN(CCOC)C(=O)Nc1ccc(C)cc1C(=O)O. The monoisotopic (exact) mass is 280 g/mol. The van der Waals surface area contributed by atoms with E-state index in [1.807, 2.05) is 6.92 Å². The number of aryl methyl sites for hydroxylation is 1. The molecule has 0 spiro atoms. The number of carbonyl (C=O) groups excluding carboxylic acids is 1. The third-order valence-corrected chi connectivity index (χ3v) is 2.88. The molecule has 2 N–H and O–H groups in total. The highest BCUT2D eigenvalue weighted by atomic mass is 16.5. The van der Waals surface area contributed by atoms with Gasteiger partial charge < -0.3 is 20.1 Å². The van der Waals surface area contributed by atoms with Gasteiger partial charge in [-0.1, -0.05) is 11.6 Å². The molecule has 0 aromatic heterocycles. The molecule has 0 atom stereocenters. The first kappa shape index (κ1) is 16.0. The maximum absolute atomic E-state index is 12.1. The van der Waals surface area contributed by atoms with Crippen molar-refractivity contribution >= 4 is 17.7 Å². The number of aromatic carboxylic acids is 1. The van der Waals surface area contributed by atoms with E-state index in [4.69, 9.17) is 9.84 Å². The van der Waals surface area contributed by atoms with Gasteiger partial charge in [-0.3, -0.25) is 0 Å². The second-order valence-electron chi connectivity index (χ2n) is 4.36. The van der Waals surface area contributed by atoms with Crippen molar-refractivity contribution in [1.82, 2.24) is 4.90 Å². The van der Waals surface area contributed by atoms with Crippen molar-refractivity contribution in [2.75, 3.05) is 32.1 Å². The number of carboxylic acids is 1. The van der Waals surface area contributed by atoms with Crippen LogP contribution in [-0.2, 0) is 4.74 Å². The number of methoxy groups -OCH3 is 1. The van der Waals surface area contributed by atoms with E-state index in [-0.39, 0.29) is 11.6 Å². The van der Waals surface area contributed by atoms with Crippen LogP contribution < -0.4 is 5.32 Å². The predicted octanol–water partition coefficient (Wildman–Crippen LogP) is 2.19. The van der Waals surface area contributed by atoms with E-state index >= 15 is 0 Å². The van der Waals surface area contributed by atoms with E-state index in [2.05, 4.69) is 5.32 Å². The number of nitrogens with zero attached hydrogens (tertiary/aromatic N) is 1. The fourth-order valence-corrected chi connectivity index (χ4v) is 1.74. The third-order valence-electron chi connectivity index (χ3n) is 2.88. The van der Waals surface area contributed by atoms with Gasteiger partial charge in [-0.2, -0.15) is 0 Å². The van der Waals surface area contributed by atoms with Crippen molar-refractivity contribution in [2.45, 2.75) is 13.8 Å². The van der Waals surface area contributed by atoms with Crippen LogP contribution in [0.3, 0.4) is 0 Å². The zero-order valence-corrected chi connectivity index (χ0v) is 12.0. The Morgan fingerprint density at radius 3 is 2.65 bits per heavy atom. The number of hydrogen-bond acceptors (Lipinski definition) is 3. The number of amides is 2. The summed E-state index contributed by atoms with van der Waals surface area (Å²) in [5, 5.41) is 11.8. The van der Waals surface area contributed by atoms with Gasteiger partial charge in [0.25, 0.3) is 0 Å². The lowest BCUT2D eigenvalue weighted by atomic mass is 10.1. The lowest BCUT2D eigenvalue weighted by molar-refractivity contribution is 0.0698. The Labute approximate surface area is 118 Å². The summed E-state index contributed by atoms with van der Waals surface area (Å²) in [6.07, 6.45) is 0. The first-order valence-electron chi connectivity index (χ1n) is 6.38. The molecule has 0 radical (unpaired) electrons. The number of carboxylic acid groups (broad SMARTS) is 1. The molecule has 0 heterocycles. The molecular weight excluding hydrogens is 260 g/mol. The molecule has 2 amide bonds. The minimum atomic E-state index is -1.07. The van der Waals surface area contributed by atoms with Crippen molar-refractivity contribution in [1.29, 1.82) is 0 Å². The molecule has 1 rings (SSSR count). The fraction of sp³-hybridized carbons (Fsp3) is 0.429. The van der Waals surface area contributed by atoms with Crippen LogP contribution in [0.1, 0.15) is 22.8 Å². The Hall–Kier alpha value is -2.08. The number of carbonyl (C=O) groups is 2. The molecule has 0 unspecified atom stereocenters. The van der Waals surface area contributed by atoms with Crippen LogP contribution in [0.2, 0.25) is 0 Å². The molecule has 20 heavy (non-hydrogen) atoms. The topological polar surface area (TPSA) is 78.9 Å². The Kier molecular flexibility index (Phi) is 5.99. The highest BCUT2D eigenvalue weighted by Crippen LogP contribution is 2.18. The van der Waals surface area contributed by atoms with Gasteiger partial charge in [0.15, 0.2) is 0 Å². The van der Waals surface area contributed by atoms with Gasteiger partial charge >= 0.3 is 12.0 Å². The number of nitrogens with one attached hydrogen (secondary N) is 1. The van der Waals surface area contributed by atoms with Crippen molar-refractivity contribution in [2.24, 2.45) is 0 Å². The van der Waals surface area contributed by atoms with Gasteiger partial charge in [-0.25, -0.2) is 9.59 Å². The molecule has 1 aromatic carbocycles. The zero-order chi connectivity index (χ0) is 15.1. The predicted molar refractivity (Wildman–Crippen MR) is 76.3 cm³/mol. The van der Waals surface area contributed by atoms with Crippen LogP contribution in [-0.4, -0.2) is 48.8 Å². The molecule has 6 heteroatoms. The highest BCUT2D eigenvalue weighted by molar-refractivity contribution is 6.00. The van der Waals surface area contributed by atoms with Crippen molar-refractivity contribution in [3.8, 4) is 0 Å². The molecule has 0 aliphatic rings. The molecule has 110 valence electrons. The van der Waals surface area contributed by atoms with Crippen LogP contribution >= 0.6 is 0 Å². The average Bonchev–Trinajstić information content (AvgIpc) is 2.41. The lowest BCUT2D eigenvalue weighted by Crippen LogP contribution is -2.37. The van der Waals surface area contributed by atoms with E-state index in [0.29, 0.717) is 25.4 Å². The molecule has 6 nitrogen and oxygen atoms in total. The smallest absolute Gasteiger partial charge is 0.337 e. The van der Waals surface area contributed by atoms with Crippen LogP contribution in [0, 0.1) is 6.92 Å². The average molecular weight is 280 g/mol. The van der Waals surface area contributed by atoms with Gasteiger partial charge in [0, 0.05) is 20.2 Å². The minimum Gasteiger partial charge on any atom is -0.478 e. The van der Waals surface area contributed by atoms with Crippen LogP contribution in [0.25, 0.3) is 0 Å². The van der Waals surface area contributed by atoms with Gasteiger partial charge in [0.2, 0.25) is 0 Å². The summed E-state index contributed by atoms with van der Waals surface area (Å²) in [6, 6.07) is 4.55. The van der Waals surface area contributed by atoms with Gasteiger partial charge in [-0.15, -0.1) is 0 Å². The Bertz CT molecular complexity index is 488. The summed E-state index contributed by atoms with van der Waals surface area (Å²) < 4.78 is 4.94. The maximum atomic E-state index is 12.1. The minimum absolute atomic E-state index is 0.0844. The van der Waals surface area contributed by atoms with Gasteiger partial charge in [0.05, 0.1) is 17.9 Å². The van der Waals surface area contributed by atoms with Gasteiger partial charge in [-0.05, 0) is 26.0 Å². The first-order chi connectivity index (χ1) is 9.49. The van der Waals surface area contributed by atoms with E-state index in [9.17, 15) is 9.59 Å². The zero-order valence-electron chi connectivity index (χ0n) is 12.0. The molecular formula is C14H20N2O4. The van der Waals surface area contributed by atoms with Crippen LogP contribution in [0.5, 0.6) is 0 Å². The quantitative estimate of drug-likeness (QED) is 0.837. The Balaban J connectivity index is 2.86. The Morgan fingerprint density at radius 2 is 2.10 bits per heavy atom. The molecule has 0 aliphatic carbocycles. The number of likely N-dealkylation sites (N-methyl/N-ethyl adjacent to an activating group) is 1. The molecule has 0 saturated heterocycles. The highest BCUT2D eigenvalue weighted by Gasteiger charge is 2.16. The molecule has 0 fully saturated rings. The number of urea groups is 1. The van der Waals surface area contributed by atoms with E-state index < -0.39 is 5.97 Å². The van der Waals surface area contributed by atoms with Crippen LogP contribution in [0.4, 0.5) is 10.5 Å². The fourth-order valence-electron chi connectivity index (χ4n) is 1.74. The number of hydrogen-bond donors (Lipinski definition) is 2. The first-order valence-corrected chi connectivity index (χ1v) is 6.38. The molecule has 0 aliphatic heterocycles. The number of anilines is 1. The molecule has 1 aromatic rings. The third kappa shape index (κ3) is 4.24. The maximum Gasteiger partial charge on any atom is 0.337 e. The lowest BCUT2D eigenvalue weighted by Gasteiger charge is -2.21. The summed E-state index contributed by atoms with van der Waals surface area (Å²) in [5.74, 6) is -1.07. The molecule has 0 saturated carbocycles. The summed E-state index contributed by atoms with van der Waals surface area (Å²) in [7, 11) is 1.56. The van der Waals surface area contributed by atoms with Crippen molar-refractivity contribution in [3.05, 3.63) is 29.3 Å². The number of ether oxygens (including phenoxy) is 1. The second-order valence-corrected chi connectivity index (χ2v) is 4.36. The molecule has 0 bridgehead atoms. The van der Waals surface area contributed by atoms with E-state index in [1.54, 1.807) is 31.1 Å². The van der Waals surface area contributed by atoms with E-state index in [1.165, 1.54) is 6.07 Å². The van der Waals surface area contributed by atoms with Crippen molar-refractivity contribution < 1.29 is 19.4 Å². The summed E-state index contributed by atoms with van der Waals surface area (Å²) >= 11 is 0. The van der Waals surface area contributed by atoms with Crippen LogP contribution in [0.15, 0.2) is 18.2 Å². The number of benzene rings is 1. The summed E-state index contributed by atoms with van der Waals surface area (Å²) in [4.78, 5) is 24.8.